The number of nitrogens with zero attached hydrogens (tertiary/aromatic N) is 1. The third-order valence-corrected chi connectivity index (χ3v) is 4.36. The molecule has 0 aliphatic heterocycles. The molecule has 5 heteroatoms. The number of hydrogen-bond acceptors (Lipinski definition) is 3. The Hall–Kier alpha value is -1.85. The van der Waals surface area contributed by atoms with Crippen molar-refractivity contribution < 1.29 is 10.0 Å². The number of aromatic amines is 1. The van der Waals surface area contributed by atoms with Gasteiger partial charge in [0.1, 0.15) is 0 Å². The Kier molecular flexibility index (Phi) is 3.23. The number of hydrogen-bond donors (Lipinski definition) is 3. The van der Waals surface area contributed by atoms with Gasteiger partial charge in [0.2, 0.25) is 0 Å². The Morgan fingerprint density at radius 1 is 1.40 bits per heavy atom. The number of carbonyl (C=O) groups is 1. The zero-order valence-electron chi connectivity index (χ0n) is 11.7. The van der Waals surface area contributed by atoms with E-state index >= 15 is 0 Å². The molecule has 1 fully saturated rings. The normalized spacial score (nSPS) is 22.0. The molecule has 106 valence electrons. The van der Waals surface area contributed by atoms with Crippen LogP contribution in [0.15, 0.2) is 24.4 Å². The van der Waals surface area contributed by atoms with E-state index in [0.29, 0.717) is 17.5 Å². The highest BCUT2D eigenvalue weighted by Gasteiger charge is 2.33. The van der Waals surface area contributed by atoms with Gasteiger partial charge in [0, 0.05) is 28.7 Å². The van der Waals surface area contributed by atoms with Gasteiger partial charge in [0.05, 0.1) is 0 Å². The Bertz CT molecular complexity index is 642. The van der Waals surface area contributed by atoms with Gasteiger partial charge < -0.3 is 9.88 Å². The summed E-state index contributed by atoms with van der Waals surface area (Å²) in [6, 6.07) is 6.08. The van der Waals surface area contributed by atoms with E-state index in [1.165, 1.54) is 5.56 Å². The van der Waals surface area contributed by atoms with Crippen molar-refractivity contribution in [2.75, 3.05) is 14.1 Å². The van der Waals surface area contributed by atoms with Crippen molar-refractivity contribution >= 4 is 16.8 Å². The molecule has 2 aromatic rings. The van der Waals surface area contributed by atoms with Crippen molar-refractivity contribution in [3.8, 4) is 0 Å². The number of hydroxylamine groups is 1. The zero-order valence-corrected chi connectivity index (χ0v) is 11.7. The topological polar surface area (TPSA) is 68.4 Å². The molecular weight excluding hydrogens is 254 g/mol. The molecule has 3 rings (SSSR count). The van der Waals surface area contributed by atoms with Gasteiger partial charge in [0.25, 0.3) is 5.91 Å². The first-order chi connectivity index (χ1) is 9.60. The standard InChI is InChI=1S/C15H19N3O2/c1-18(2)11-5-10(6-11)13-8-16-14-4-3-9(7-12(13)14)15(19)17-20/h3-4,7-8,10-11,16,20H,5-6H2,1-2H3,(H,17,19)/t10-,11-. The van der Waals surface area contributed by atoms with Crippen molar-refractivity contribution in [2.45, 2.75) is 24.8 Å². The first-order valence-corrected chi connectivity index (χ1v) is 6.82. The van der Waals surface area contributed by atoms with Crippen LogP contribution >= 0.6 is 0 Å². The summed E-state index contributed by atoms with van der Waals surface area (Å²) in [5, 5.41) is 9.81. The number of carbonyl (C=O) groups excluding carboxylic acids is 1. The highest BCUT2D eigenvalue weighted by atomic mass is 16.5. The van der Waals surface area contributed by atoms with E-state index in [1.54, 1.807) is 11.5 Å². The number of aromatic nitrogens is 1. The maximum absolute atomic E-state index is 11.5. The Balaban J connectivity index is 1.90. The lowest BCUT2D eigenvalue weighted by Gasteiger charge is -2.39. The molecule has 3 N–H and O–H groups in total. The number of benzene rings is 1. The SMILES string of the molecule is CN(C)[C@H]1C[C@H](c2c[nH]c3ccc(C(=O)NO)cc32)C1. The third kappa shape index (κ3) is 2.09. The van der Waals surface area contributed by atoms with Gasteiger partial charge in [0.15, 0.2) is 0 Å². The molecule has 0 unspecified atom stereocenters. The van der Waals surface area contributed by atoms with Crippen LogP contribution in [-0.4, -0.2) is 41.1 Å². The summed E-state index contributed by atoms with van der Waals surface area (Å²) in [5.74, 6) is 0.0717. The predicted molar refractivity (Wildman–Crippen MR) is 77.0 cm³/mol. The Labute approximate surface area is 117 Å². The van der Waals surface area contributed by atoms with Crippen molar-refractivity contribution in [1.29, 1.82) is 0 Å². The lowest BCUT2D eigenvalue weighted by Crippen LogP contribution is -2.39. The van der Waals surface area contributed by atoms with E-state index in [1.807, 2.05) is 18.3 Å². The highest BCUT2D eigenvalue weighted by Crippen LogP contribution is 2.41. The fourth-order valence-electron chi connectivity index (χ4n) is 2.95. The number of nitrogens with one attached hydrogen (secondary N) is 2. The first kappa shape index (κ1) is 13.1. The molecule has 0 atom stereocenters. The summed E-state index contributed by atoms with van der Waals surface area (Å²) in [4.78, 5) is 17.0. The van der Waals surface area contributed by atoms with E-state index in [9.17, 15) is 4.79 Å². The zero-order chi connectivity index (χ0) is 14.3. The van der Waals surface area contributed by atoms with Crippen LogP contribution in [0.3, 0.4) is 0 Å². The van der Waals surface area contributed by atoms with Crippen LogP contribution in [0.25, 0.3) is 10.9 Å². The third-order valence-electron chi connectivity index (χ3n) is 4.36. The second-order valence-electron chi connectivity index (χ2n) is 5.73. The average molecular weight is 273 g/mol. The van der Waals surface area contributed by atoms with E-state index < -0.39 is 5.91 Å². The molecule has 1 aromatic carbocycles. The van der Waals surface area contributed by atoms with Crippen LogP contribution in [0.5, 0.6) is 0 Å². The monoisotopic (exact) mass is 273 g/mol. The number of H-pyrrole nitrogens is 1. The van der Waals surface area contributed by atoms with Gasteiger partial charge >= 0.3 is 0 Å². The summed E-state index contributed by atoms with van der Waals surface area (Å²) in [5.41, 5.74) is 4.46. The van der Waals surface area contributed by atoms with E-state index in [4.69, 9.17) is 5.21 Å². The van der Waals surface area contributed by atoms with Crippen molar-refractivity contribution in [2.24, 2.45) is 0 Å². The average Bonchev–Trinajstić information content (AvgIpc) is 2.79. The number of fused-ring (bicyclic) bond motifs is 1. The summed E-state index contributed by atoms with van der Waals surface area (Å²) in [6.07, 6.45) is 4.34. The minimum Gasteiger partial charge on any atom is -0.361 e. The van der Waals surface area contributed by atoms with Crippen molar-refractivity contribution in [3.05, 3.63) is 35.5 Å². The Morgan fingerprint density at radius 3 is 2.80 bits per heavy atom. The minimum atomic E-state index is -0.473. The Morgan fingerprint density at radius 2 is 2.15 bits per heavy atom. The van der Waals surface area contributed by atoms with Gasteiger partial charge in [-0.05, 0) is 56.6 Å². The van der Waals surface area contributed by atoms with Crippen LogP contribution in [0.2, 0.25) is 0 Å². The molecule has 1 aromatic heterocycles. The van der Waals surface area contributed by atoms with Crippen LogP contribution in [0.1, 0.15) is 34.7 Å². The highest BCUT2D eigenvalue weighted by molar-refractivity contribution is 5.98. The quantitative estimate of drug-likeness (QED) is 0.592. The van der Waals surface area contributed by atoms with Gasteiger partial charge in [-0.25, -0.2) is 5.48 Å². The summed E-state index contributed by atoms with van der Waals surface area (Å²) >= 11 is 0. The van der Waals surface area contributed by atoms with Gasteiger partial charge in [-0.15, -0.1) is 0 Å². The van der Waals surface area contributed by atoms with Gasteiger partial charge in [-0.2, -0.15) is 0 Å². The van der Waals surface area contributed by atoms with Crippen LogP contribution in [-0.2, 0) is 0 Å². The second kappa shape index (κ2) is 4.92. The lowest BCUT2D eigenvalue weighted by molar-refractivity contribution is 0.0706. The molecule has 1 aliphatic carbocycles. The van der Waals surface area contributed by atoms with Crippen LogP contribution in [0.4, 0.5) is 0 Å². The first-order valence-electron chi connectivity index (χ1n) is 6.82. The van der Waals surface area contributed by atoms with E-state index in [2.05, 4.69) is 24.0 Å². The molecule has 20 heavy (non-hydrogen) atoms. The summed E-state index contributed by atoms with van der Waals surface area (Å²) < 4.78 is 0. The molecule has 0 saturated heterocycles. The lowest BCUT2D eigenvalue weighted by atomic mass is 9.75. The maximum Gasteiger partial charge on any atom is 0.274 e. The van der Waals surface area contributed by atoms with Crippen molar-refractivity contribution in [3.63, 3.8) is 0 Å². The molecule has 0 radical (unpaired) electrons. The maximum atomic E-state index is 11.5. The second-order valence-corrected chi connectivity index (χ2v) is 5.73. The van der Waals surface area contributed by atoms with Gasteiger partial charge in [-0.3, -0.25) is 10.0 Å². The molecule has 1 heterocycles. The number of rotatable bonds is 3. The predicted octanol–water partition coefficient (Wildman–Crippen LogP) is 2.09. The molecule has 1 saturated carbocycles. The molecule has 0 bridgehead atoms. The summed E-state index contributed by atoms with van der Waals surface area (Å²) in [6.45, 7) is 0. The molecule has 0 spiro atoms. The largest absolute Gasteiger partial charge is 0.361 e. The molecule has 1 aliphatic rings. The van der Waals surface area contributed by atoms with E-state index in [-0.39, 0.29) is 0 Å². The molecule has 1 amide bonds. The van der Waals surface area contributed by atoms with Crippen LogP contribution in [0, 0.1) is 0 Å². The molecule has 5 nitrogen and oxygen atoms in total. The fraction of sp³-hybridized carbons (Fsp3) is 0.400. The van der Waals surface area contributed by atoms with Gasteiger partial charge in [-0.1, -0.05) is 0 Å². The minimum absolute atomic E-state index is 0.473. The van der Waals surface area contributed by atoms with Crippen molar-refractivity contribution in [1.82, 2.24) is 15.4 Å². The van der Waals surface area contributed by atoms with Crippen LogP contribution < -0.4 is 5.48 Å². The van der Waals surface area contributed by atoms with E-state index in [0.717, 1.165) is 23.7 Å². The summed E-state index contributed by atoms with van der Waals surface area (Å²) in [7, 11) is 4.22. The fourth-order valence-corrected chi connectivity index (χ4v) is 2.95. The smallest absolute Gasteiger partial charge is 0.274 e. The number of amides is 1. The molecular formula is C15H19N3O2.